The molecule has 1 fully saturated rings. The molecule has 6 rings (SSSR count). The van der Waals surface area contributed by atoms with Crippen LogP contribution in [-0.4, -0.2) is 63.3 Å². The first-order chi connectivity index (χ1) is 15.2. The van der Waals surface area contributed by atoms with Crippen LogP contribution in [0.2, 0.25) is 0 Å². The fourth-order valence-corrected chi connectivity index (χ4v) is 5.68. The van der Waals surface area contributed by atoms with Crippen molar-refractivity contribution in [2.45, 2.75) is 31.0 Å². The third kappa shape index (κ3) is 3.49. The number of dihydropyridines is 1. The molecule has 8 heteroatoms. The summed E-state index contributed by atoms with van der Waals surface area (Å²) in [5, 5.41) is 6.91. The second kappa shape index (κ2) is 7.69. The maximum Gasteiger partial charge on any atom is 0.165 e. The van der Waals surface area contributed by atoms with Crippen molar-refractivity contribution in [3.8, 4) is 11.5 Å². The monoisotopic (exact) mass is 431 g/mol. The molecule has 0 bridgehead atoms. The Morgan fingerprint density at radius 2 is 2.03 bits per heavy atom. The van der Waals surface area contributed by atoms with Gasteiger partial charge in [0.05, 0.1) is 28.6 Å². The van der Waals surface area contributed by atoms with Gasteiger partial charge < -0.3 is 9.88 Å². The lowest BCUT2D eigenvalue weighted by Gasteiger charge is -2.31. The van der Waals surface area contributed by atoms with Crippen molar-refractivity contribution >= 4 is 34.4 Å². The van der Waals surface area contributed by atoms with Gasteiger partial charge >= 0.3 is 0 Å². The SMILES string of the molecule is Cn1c(-c2csc(C3CCN(CC4=NC5N=CC=CC5N4)CC3)n2)nc2ccccc21. The maximum absolute atomic E-state index is 4.99. The number of hydrogen-bond acceptors (Lipinski definition) is 7. The first-order valence-electron chi connectivity index (χ1n) is 10.9. The smallest absolute Gasteiger partial charge is 0.165 e. The van der Waals surface area contributed by atoms with Gasteiger partial charge in [0.25, 0.3) is 0 Å². The molecule has 0 radical (unpaired) electrons. The first kappa shape index (κ1) is 18.9. The maximum atomic E-state index is 4.99. The van der Waals surface area contributed by atoms with Crippen molar-refractivity contribution in [3.05, 3.63) is 46.8 Å². The molecule has 5 heterocycles. The summed E-state index contributed by atoms with van der Waals surface area (Å²) in [4.78, 5) is 21.5. The second-order valence-corrected chi connectivity index (χ2v) is 9.34. The Kier molecular flexibility index (Phi) is 4.69. The summed E-state index contributed by atoms with van der Waals surface area (Å²) in [7, 11) is 2.07. The number of benzene rings is 1. The summed E-state index contributed by atoms with van der Waals surface area (Å²) >= 11 is 1.77. The quantitative estimate of drug-likeness (QED) is 0.689. The number of aliphatic imine (C=N–C) groups is 2. The van der Waals surface area contributed by atoms with Crippen LogP contribution in [0.15, 0.2) is 51.8 Å². The van der Waals surface area contributed by atoms with E-state index in [4.69, 9.17) is 15.0 Å². The van der Waals surface area contributed by atoms with Crippen LogP contribution in [0.3, 0.4) is 0 Å². The number of fused-ring (bicyclic) bond motifs is 2. The van der Waals surface area contributed by atoms with Gasteiger partial charge in [-0.2, -0.15) is 0 Å². The molecule has 1 N–H and O–H groups in total. The summed E-state index contributed by atoms with van der Waals surface area (Å²) < 4.78 is 2.14. The Hall–Kier alpha value is -2.84. The van der Waals surface area contributed by atoms with Gasteiger partial charge in [-0.05, 0) is 44.1 Å². The van der Waals surface area contributed by atoms with Crippen LogP contribution in [0, 0.1) is 0 Å². The highest BCUT2D eigenvalue weighted by atomic mass is 32.1. The number of imidazole rings is 1. The Morgan fingerprint density at radius 3 is 2.87 bits per heavy atom. The average Bonchev–Trinajstić information content (AvgIpc) is 3.51. The topological polar surface area (TPSA) is 70.7 Å². The molecule has 7 nitrogen and oxygen atoms in total. The van der Waals surface area contributed by atoms with Gasteiger partial charge in [0.15, 0.2) is 12.0 Å². The van der Waals surface area contributed by atoms with E-state index in [1.165, 1.54) is 5.01 Å². The van der Waals surface area contributed by atoms with Crippen LogP contribution in [0.1, 0.15) is 23.8 Å². The summed E-state index contributed by atoms with van der Waals surface area (Å²) in [6.45, 7) is 3.02. The van der Waals surface area contributed by atoms with E-state index in [-0.39, 0.29) is 12.2 Å². The van der Waals surface area contributed by atoms with Crippen LogP contribution in [0.25, 0.3) is 22.6 Å². The Morgan fingerprint density at radius 1 is 1.16 bits per heavy atom. The molecule has 2 unspecified atom stereocenters. The number of hydrogen-bond donors (Lipinski definition) is 1. The Labute approximate surface area is 185 Å². The lowest BCUT2D eigenvalue weighted by Crippen LogP contribution is -2.42. The Bertz CT molecular complexity index is 1200. The fraction of sp³-hybridized carbons (Fsp3) is 0.391. The molecule has 1 saturated heterocycles. The molecule has 1 aromatic carbocycles. The lowest BCUT2D eigenvalue weighted by molar-refractivity contribution is 0.237. The molecule has 31 heavy (non-hydrogen) atoms. The molecule has 0 aliphatic carbocycles. The van der Waals surface area contributed by atoms with Crippen molar-refractivity contribution in [1.29, 1.82) is 0 Å². The van der Waals surface area contributed by atoms with E-state index in [2.05, 4.69) is 56.5 Å². The van der Waals surface area contributed by atoms with E-state index >= 15 is 0 Å². The number of aryl methyl sites for hydroxylation is 1. The lowest BCUT2D eigenvalue weighted by atomic mass is 9.97. The van der Waals surface area contributed by atoms with Crippen LogP contribution in [0.5, 0.6) is 0 Å². The number of piperidine rings is 1. The summed E-state index contributed by atoms with van der Waals surface area (Å²) in [6.07, 6.45) is 8.27. The van der Waals surface area contributed by atoms with Gasteiger partial charge in [0.2, 0.25) is 0 Å². The van der Waals surface area contributed by atoms with E-state index in [0.717, 1.165) is 60.9 Å². The van der Waals surface area contributed by atoms with Crippen molar-refractivity contribution < 1.29 is 0 Å². The standard InChI is InChI=1S/C23H25N7S/c1-29-19-7-3-2-5-16(19)26-22(29)18-14-31-23(27-18)15-8-11-30(12-9-15)13-20-25-17-6-4-10-24-21(17)28-20/h2-7,10,14-15,17,21H,8-9,11-13H2,1H3,(H,25,28). The minimum absolute atomic E-state index is 0.0223. The van der Waals surface area contributed by atoms with Gasteiger partial charge in [-0.1, -0.05) is 18.2 Å². The molecular formula is C23H25N7S. The molecule has 158 valence electrons. The molecular weight excluding hydrogens is 406 g/mol. The number of thiazole rings is 1. The van der Waals surface area contributed by atoms with Gasteiger partial charge in [-0.15, -0.1) is 11.3 Å². The highest BCUT2D eigenvalue weighted by Gasteiger charge is 2.29. The Balaban J connectivity index is 1.10. The number of nitrogens with one attached hydrogen (secondary N) is 1. The molecule has 0 amide bonds. The number of para-hydroxylation sites is 2. The number of rotatable bonds is 4. The fourth-order valence-electron chi connectivity index (χ4n) is 4.71. The molecule has 3 aromatic rings. The van der Waals surface area contributed by atoms with Gasteiger partial charge in [0.1, 0.15) is 11.5 Å². The first-order valence-corrected chi connectivity index (χ1v) is 11.8. The zero-order valence-corrected chi connectivity index (χ0v) is 18.3. The number of aromatic nitrogens is 3. The molecule has 3 aliphatic rings. The molecule has 3 aliphatic heterocycles. The number of nitrogens with zero attached hydrogens (tertiary/aromatic N) is 6. The van der Waals surface area contributed by atoms with E-state index in [0.29, 0.717) is 5.92 Å². The van der Waals surface area contributed by atoms with Crippen LogP contribution in [-0.2, 0) is 7.05 Å². The highest BCUT2D eigenvalue weighted by Crippen LogP contribution is 2.33. The summed E-state index contributed by atoms with van der Waals surface area (Å²) in [5.74, 6) is 2.54. The van der Waals surface area contributed by atoms with E-state index in [9.17, 15) is 0 Å². The zero-order chi connectivity index (χ0) is 20.8. The highest BCUT2D eigenvalue weighted by molar-refractivity contribution is 7.10. The van der Waals surface area contributed by atoms with E-state index in [1.54, 1.807) is 11.3 Å². The van der Waals surface area contributed by atoms with Gasteiger partial charge in [-0.25, -0.2) is 15.0 Å². The van der Waals surface area contributed by atoms with Crippen LogP contribution < -0.4 is 5.32 Å². The average molecular weight is 432 g/mol. The van der Waals surface area contributed by atoms with Crippen molar-refractivity contribution in [1.82, 2.24) is 24.8 Å². The van der Waals surface area contributed by atoms with Crippen molar-refractivity contribution in [2.24, 2.45) is 17.0 Å². The molecule has 0 spiro atoms. The third-order valence-corrected chi connectivity index (χ3v) is 7.44. The molecule has 2 atom stereocenters. The third-order valence-electron chi connectivity index (χ3n) is 6.43. The van der Waals surface area contributed by atoms with Crippen LogP contribution in [0.4, 0.5) is 0 Å². The summed E-state index contributed by atoms with van der Waals surface area (Å²) in [6, 6.07) is 8.48. The van der Waals surface area contributed by atoms with Gasteiger partial charge in [-0.3, -0.25) is 9.89 Å². The predicted molar refractivity (Wildman–Crippen MR) is 126 cm³/mol. The minimum atomic E-state index is 0.0223. The zero-order valence-electron chi connectivity index (χ0n) is 17.5. The van der Waals surface area contributed by atoms with Crippen LogP contribution >= 0.6 is 11.3 Å². The predicted octanol–water partition coefficient (Wildman–Crippen LogP) is 3.21. The minimum Gasteiger partial charge on any atom is -0.362 e. The normalized spacial score (nSPS) is 23.8. The number of allylic oxidation sites excluding steroid dienone is 1. The van der Waals surface area contributed by atoms with Gasteiger partial charge in [0, 0.05) is 24.6 Å². The van der Waals surface area contributed by atoms with Crippen molar-refractivity contribution in [2.75, 3.05) is 19.6 Å². The largest absolute Gasteiger partial charge is 0.362 e. The van der Waals surface area contributed by atoms with Crippen molar-refractivity contribution in [3.63, 3.8) is 0 Å². The van der Waals surface area contributed by atoms with E-state index in [1.807, 2.05) is 18.4 Å². The number of likely N-dealkylation sites (tertiary alicyclic amines) is 1. The molecule has 0 saturated carbocycles. The summed E-state index contributed by atoms with van der Waals surface area (Å²) in [5.41, 5.74) is 3.15. The number of amidine groups is 1. The molecule has 2 aromatic heterocycles. The second-order valence-electron chi connectivity index (χ2n) is 8.45. The van der Waals surface area contributed by atoms with E-state index < -0.39 is 0 Å².